The highest BCUT2D eigenvalue weighted by atomic mass is 16.3. The second kappa shape index (κ2) is 4.42. The molecule has 1 heterocycles. The number of aliphatic hydroxyl groups excluding tert-OH is 1. The summed E-state index contributed by atoms with van der Waals surface area (Å²) in [5, 5.41) is 8.55. The smallest absolute Gasteiger partial charge is 0.224 e. The fraction of sp³-hybridized carbons (Fsp3) is 0.875. The molecule has 4 heteroatoms. The van der Waals surface area contributed by atoms with Gasteiger partial charge in [0, 0.05) is 25.6 Å². The molecule has 4 nitrogen and oxygen atoms in total. The highest BCUT2D eigenvalue weighted by Crippen LogP contribution is 2.08. The molecular formula is C8H16N2O2. The molecule has 0 aliphatic carbocycles. The summed E-state index contributed by atoms with van der Waals surface area (Å²) in [4.78, 5) is 13.0. The van der Waals surface area contributed by atoms with Gasteiger partial charge in [-0.3, -0.25) is 4.79 Å². The van der Waals surface area contributed by atoms with Gasteiger partial charge in [0.25, 0.3) is 0 Å². The minimum atomic E-state index is -0.0542. The van der Waals surface area contributed by atoms with Gasteiger partial charge in [0.05, 0.1) is 6.61 Å². The van der Waals surface area contributed by atoms with Crippen molar-refractivity contribution < 1.29 is 9.90 Å². The average molecular weight is 172 g/mol. The minimum absolute atomic E-state index is 0.0457. The third-order valence-corrected chi connectivity index (χ3v) is 2.22. The molecule has 0 aromatic carbocycles. The van der Waals surface area contributed by atoms with Gasteiger partial charge in [0.15, 0.2) is 0 Å². The van der Waals surface area contributed by atoms with Crippen LogP contribution >= 0.6 is 0 Å². The Morgan fingerprint density at radius 3 is 2.58 bits per heavy atom. The Morgan fingerprint density at radius 1 is 1.50 bits per heavy atom. The van der Waals surface area contributed by atoms with Gasteiger partial charge < -0.3 is 15.7 Å². The van der Waals surface area contributed by atoms with Gasteiger partial charge >= 0.3 is 0 Å². The maximum atomic E-state index is 11.2. The first-order valence-corrected chi connectivity index (χ1v) is 4.38. The van der Waals surface area contributed by atoms with E-state index in [0.717, 1.165) is 25.9 Å². The van der Waals surface area contributed by atoms with Crippen LogP contribution in [0.25, 0.3) is 0 Å². The Hall–Kier alpha value is -0.610. The first kappa shape index (κ1) is 9.48. The lowest BCUT2D eigenvalue weighted by Gasteiger charge is -2.30. The van der Waals surface area contributed by atoms with E-state index in [9.17, 15) is 4.79 Å². The van der Waals surface area contributed by atoms with E-state index < -0.39 is 0 Å². The second-order valence-electron chi connectivity index (χ2n) is 3.19. The number of hydrogen-bond acceptors (Lipinski definition) is 3. The van der Waals surface area contributed by atoms with Crippen LogP contribution in [0.5, 0.6) is 0 Å². The number of nitrogens with two attached hydrogens (primary N) is 1. The zero-order chi connectivity index (χ0) is 8.97. The number of piperidine rings is 1. The molecule has 0 spiro atoms. The lowest BCUT2D eigenvalue weighted by Crippen LogP contribution is -2.43. The third-order valence-electron chi connectivity index (χ3n) is 2.22. The number of carbonyl (C=O) groups excluding carboxylic acids is 1. The van der Waals surface area contributed by atoms with E-state index >= 15 is 0 Å². The Balaban J connectivity index is 2.29. The topological polar surface area (TPSA) is 66.6 Å². The van der Waals surface area contributed by atoms with Crippen molar-refractivity contribution in [1.29, 1.82) is 0 Å². The van der Waals surface area contributed by atoms with E-state index in [1.807, 2.05) is 0 Å². The number of hydrogen-bond donors (Lipinski definition) is 2. The van der Waals surface area contributed by atoms with Crippen molar-refractivity contribution in [3.8, 4) is 0 Å². The molecule has 1 amide bonds. The van der Waals surface area contributed by atoms with Crippen LogP contribution in [0.4, 0.5) is 0 Å². The molecule has 70 valence electrons. The Kier molecular flexibility index (Phi) is 3.49. The fourth-order valence-electron chi connectivity index (χ4n) is 1.40. The van der Waals surface area contributed by atoms with E-state index in [0.29, 0.717) is 0 Å². The number of carbonyl (C=O) groups is 1. The van der Waals surface area contributed by atoms with Crippen molar-refractivity contribution in [3.05, 3.63) is 0 Å². The van der Waals surface area contributed by atoms with Crippen molar-refractivity contribution in [2.24, 2.45) is 5.73 Å². The Morgan fingerprint density at radius 2 is 2.08 bits per heavy atom. The van der Waals surface area contributed by atoms with Crippen molar-refractivity contribution in [2.45, 2.75) is 25.3 Å². The number of amides is 1. The van der Waals surface area contributed by atoms with Gasteiger partial charge in [-0.25, -0.2) is 0 Å². The van der Waals surface area contributed by atoms with Crippen molar-refractivity contribution >= 4 is 5.91 Å². The highest BCUT2D eigenvalue weighted by Gasteiger charge is 2.19. The summed E-state index contributed by atoms with van der Waals surface area (Å²) in [6.07, 6.45) is 2.02. The number of aliphatic hydroxyl groups is 1. The van der Waals surface area contributed by atoms with E-state index in [1.54, 1.807) is 4.90 Å². The van der Waals surface area contributed by atoms with Crippen LogP contribution in [0.2, 0.25) is 0 Å². The molecule has 1 aliphatic heterocycles. The summed E-state index contributed by atoms with van der Waals surface area (Å²) < 4.78 is 0. The first-order valence-electron chi connectivity index (χ1n) is 4.38. The van der Waals surface area contributed by atoms with Gasteiger partial charge in [-0.15, -0.1) is 0 Å². The van der Waals surface area contributed by atoms with Gasteiger partial charge in [0.1, 0.15) is 0 Å². The summed E-state index contributed by atoms with van der Waals surface area (Å²) in [5.74, 6) is 0.0457. The SMILES string of the molecule is NC1CCN(C(=O)CCO)CC1. The molecule has 1 saturated heterocycles. The quantitative estimate of drug-likeness (QED) is 0.580. The lowest BCUT2D eigenvalue weighted by atomic mass is 10.1. The van der Waals surface area contributed by atoms with Gasteiger partial charge in [-0.1, -0.05) is 0 Å². The van der Waals surface area contributed by atoms with Crippen LogP contribution in [-0.4, -0.2) is 41.7 Å². The molecular weight excluding hydrogens is 156 g/mol. The molecule has 1 aliphatic rings. The van der Waals surface area contributed by atoms with Crippen LogP contribution in [0.1, 0.15) is 19.3 Å². The largest absolute Gasteiger partial charge is 0.396 e. The predicted molar refractivity (Wildman–Crippen MR) is 45.5 cm³/mol. The molecule has 0 unspecified atom stereocenters. The molecule has 3 N–H and O–H groups in total. The van der Waals surface area contributed by atoms with Crippen molar-refractivity contribution in [3.63, 3.8) is 0 Å². The molecule has 1 rings (SSSR count). The average Bonchev–Trinajstić information content (AvgIpc) is 2.06. The third kappa shape index (κ3) is 2.46. The van der Waals surface area contributed by atoms with E-state index in [2.05, 4.69) is 0 Å². The summed E-state index contributed by atoms with van der Waals surface area (Å²) in [6, 6.07) is 0.253. The fourth-order valence-corrected chi connectivity index (χ4v) is 1.40. The van der Waals surface area contributed by atoms with Gasteiger partial charge in [-0.2, -0.15) is 0 Å². The van der Waals surface area contributed by atoms with E-state index in [-0.39, 0.29) is 25.0 Å². The zero-order valence-electron chi connectivity index (χ0n) is 7.20. The Bertz CT molecular complexity index is 153. The Labute approximate surface area is 72.3 Å². The summed E-state index contributed by atoms with van der Waals surface area (Å²) in [7, 11) is 0. The highest BCUT2D eigenvalue weighted by molar-refractivity contribution is 5.76. The maximum Gasteiger partial charge on any atom is 0.224 e. The van der Waals surface area contributed by atoms with Crippen LogP contribution < -0.4 is 5.73 Å². The van der Waals surface area contributed by atoms with Crippen LogP contribution in [0.15, 0.2) is 0 Å². The van der Waals surface area contributed by atoms with Crippen LogP contribution in [0, 0.1) is 0 Å². The molecule has 0 saturated carbocycles. The summed E-state index contributed by atoms with van der Waals surface area (Å²) >= 11 is 0. The molecule has 0 atom stereocenters. The lowest BCUT2D eigenvalue weighted by molar-refractivity contribution is -0.132. The standard InChI is InChI=1S/C8H16N2O2/c9-7-1-4-10(5-2-7)8(12)3-6-11/h7,11H,1-6,9H2. The van der Waals surface area contributed by atoms with Crippen LogP contribution in [-0.2, 0) is 4.79 Å². The minimum Gasteiger partial charge on any atom is -0.396 e. The molecule has 0 bridgehead atoms. The molecule has 12 heavy (non-hydrogen) atoms. The summed E-state index contributed by atoms with van der Waals surface area (Å²) in [6.45, 7) is 1.45. The summed E-state index contributed by atoms with van der Waals surface area (Å²) in [5.41, 5.74) is 5.68. The molecule has 0 aromatic rings. The van der Waals surface area contributed by atoms with Gasteiger partial charge in [0.2, 0.25) is 5.91 Å². The van der Waals surface area contributed by atoms with Gasteiger partial charge in [-0.05, 0) is 12.8 Å². The van der Waals surface area contributed by atoms with Crippen molar-refractivity contribution in [1.82, 2.24) is 4.90 Å². The zero-order valence-corrected chi connectivity index (χ0v) is 7.20. The number of rotatable bonds is 2. The number of nitrogens with zero attached hydrogens (tertiary/aromatic N) is 1. The first-order chi connectivity index (χ1) is 5.74. The molecule has 0 radical (unpaired) electrons. The molecule has 1 fully saturated rings. The van der Waals surface area contributed by atoms with E-state index in [4.69, 9.17) is 10.8 Å². The predicted octanol–water partition coefficient (Wildman–Crippen LogP) is -0.682. The number of likely N-dealkylation sites (tertiary alicyclic amines) is 1. The normalized spacial score (nSPS) is 19.7. The van der Waals surface area contributed by atoms with E-state index in [1.165, 1.54) is 0 Å². The van der Waals surface area contributed by atoms with Crippen LogP contribution in [0.3, 0.4) is 0 Å². The molecule has 0 aromatic heterocycles. The monoisotopic (exact) mass is 172 g/mol. The maximum absolute atomic E-state index is 11.2. The second-order valence-corrected chi connectivity index (χ2v) is 3.19. The van der Waals surface area contributed by atoms with Crippen molar-refractivity contribution in [2.75, 3.05) is 19.7 Å².